The maximum absolute atomic E-state index is 2.36. The van der Waals surface area contributed by atoms with Crippen molar-refractivity contribution in [3.05, 3.63) is 0 Å². The topological polar surface area (TPSA) is 3.24 Å². The Morgan fingerprint density at radius 3 is 1.75 bits per heavy atom. The predicted molar refractivity (Wildman–Crippen MR) is 46.4 cm³/mol. The van der Waals surface area contributed by atoms with Crippen LogP contribution >= 0.6 is 22.6 Å². The second kappa shape index (κ2) is 3.01. The SMILES string of the molecule is CN(CI)C(C)(C)C. The van der Waals surface area contributed by atoms with Gasteiger partial charge >= 0.3 is 0 Å². The molecule has 0 spiro atoms. The van der Waals surface area contributed by atoms with E-state index in [-0.39, 0.29) is 0 Å². The molecule has 0 rings (SSSR count). The molecule has 0 radical (unpaired) electrons. The molecular formula is C6H14IN. The highest BCUT2D eigenvalue weighted by atomic mass is 127. The van der Waals surface area contributed by atoms with Crippen LogP contribution in [0.25, 0.3) is 0 Å². The summed E-state index contributed by atoms with van der Waals surface area (Å²) in [6.07, 6.45) is 0. The summed E-state index contributed by atoms with van der Waals surface area (Å²) in [6, 6.07) is 0. The Balaban J connectivity index is 3.62. The number of hydrogen-bond donors (Lipinski definition) is 0. The van der Waals surface area contributed by atoms with Gasteiger partial charge in [-0.3, -0.25) is 4.90 Å². The third-order valence-corrected chi connectivity index (χ3v) is 2.35. The highest BCUT2D eigenvalue weighted by Crippen LogP contribution is 2.10. The van der Waals surface area contributed by atoms with Gasteiger partial charge in [-0.25, -0.2) is 0 Å². The number of halogens is 1. The fourth-order valence-corrected chi connectivity index (χ4v) is 1.20. The van der Waals surface area contributed by atoms with E-state index in [0.717, 1.165) is 4.55 Å². The smallest absolute Gasteiger partial charge is 0.0507 e. The first kappa shape index (κ1) is 8.69. The van der Waals surface area contributed by atoms with Gasteiger partial charge in [0.15, 0.2) is 0 Å². The largest absolute Gasteiger partial charge is 0.292 e. The van der Waals surface area contributed by atoms with Crippen molar-refractivity contribution in [2.75, 3.05) is 11.6 Å². The van der Waals surface area contributed by atoms with E-state index in [9.17, 15) is 0 Å². The van der Waals surface area contributed by atoms with Gasteiger partial charge in [0.05, 0.1) is 4.55 Å². The van der Waals surface area contributed by atoms with Gasteiger partial charge in [-0.1, -0.05) is 22.6 Å². The fraction of sp³-hybridized carbons (Fsp3) is 1.00. The monoisotopic (exact) mass is 227 g/mol. The van der Waals surface area contributed by atoms with Crippen molar-refractivity contribution in [3.8, 4) is 0 Å². The molecule has 0 unspecified atom stereocenters. The maximum Gasteiger partial charge on any atom is 0.0507 e. The van der Waals surface area contributed by atoms with Crippen LogP contribution in [0, 0.1) is 0 Å². The van der Waals surface area contributed by atoms with Crippen molar-refractivity contribution in [3.63, 3.8) is 0 Å². The summed E-state index contributed by atoms with van der Waals surface area (Å²) in [4.78, 5) is 2.30. The molecule has 0 aromatic carbocycles. The Kier molecular flexibility index (Phi) is 3.27. The lowest BCUT2D eigenvalue weighted by Gasteiger charge is -2.29. The van der Waals surface area contributed by atoms with Crippen molar-refractivity contribution < 1.29 is 0 Å². The highest BCUT2D eigenvalue weighted by molar-refractivity contribution is 14.1. The van der Waals surface area contributed by atoms with Crippen molar-refractivity contribution in [2.24, 2.45) is 0 Å². The molecule has 1 nitrogen and oxygen atoms in total. The van der Waals surface area contributed by atoms with E-state index in [1.54, 1.807) is 0 Å². The zero-order chi connectivity index (χ0) is 6.78. The van der Waals surface area contributed by atoms with E-state index >= 15 is 0 Å². The Morgan fingerprint density at radius 1 is 1.38 bits per heavy atom. The lowest BCUT2D eigenvalue weighted by Crippen LogP contribution is -2.36. The fourth-order valence-electron chi connectivity index (χ4n) is 0.179. The average molecular weight is 227 g/mol. The molecule has 0 aromatic rings. The van der Waals surface area contributed by atoms with Crippen LogP contribution in [-0.4, -0.2) is 22.0 Å². The van der Waals surface area contributed by atoms with Gasteiger partial charge in [0.1, 0.15) is 0 Å². The van der Waals surface area contributed by atoms with E-state index in [1.807, 2.05) is 0 Å². The van der Waals surface area contributed by atoms with E-state index in [0.29, 0.717) is 5.54 Å². The van der Waals surface area contributed by atoms with Gasteiger partial charge in [-0.15, -0.1) is 0 Å². The molecule has 0 N–H and O–H groups in total. The summed E-state index contributed by atoms with van der Waals surface area (Å²) < 4.78 is 1.10. The molecule has 0 heterocycles. The molecule has 50 valence electrons. The molecule has 0 saturated heterocycles. The molecule has 2 heteroatoms. The quantitative estimate of drug-likeness (QED) is 0.376. The highest BCUT2D eigenvalue weighted by Gasteiger charge is 2.14. The van der Waals surface area contributed by atoms with Crippen molar-refractivity contribution >= 4 is 22.6 Å². The summed E-state index contributed by atoms with van der Waals surface area (Å²) in [5.41, 5.74) is 0.335. The molecule has 0 fully saturated rings. The summed E-state index contributed by atoms with van der Waals surface area (Å²) in [5.74, 6) is 0. The van der Waals surface area contributed by atoms with E-state index in [4.69, 9.17) is 0 Å². The molecular weight excluding hydrogens is 213 g/mol. The van der Waals surface area contributed by atoms with Gasteiger partial charge in [0.2, 0.25) is 0 Å². The van der Waals surface area contributed by atoms with Crippen LogP contribution in [0.3, 0.4) is 0 Å². The summed E-state index contributed by atoms with van der Waals surface area (Å²) in [6.45, 7) is 6.64. The molecule has 0 bridgehead atoms. The van der Waals surface area contributed by atoms with E-state index < -0.39 is 0 Å². The number of rotatable bonds is 1. The van der Waals surface area contributed by atoms with Crippen molar-refractivity contribution in [2.45, 2.75) is 26.3 Å². The van der Waals surface area contributed by atoms with Gasteiger partial charge in [0, 0.05) is 5.54 Å². The molecule has 0 saturated carbocycles. The normalized spacial score (nSPS) is 12.8. The Bertz CT molecular complexity index is 65.4. The lowest BCUT2D eigenvalue weighted by atomic mass is 10.1. The molecule has 0 aromatic heterocycles. The van der Waals surface area contributed by atoms with Gasteiger partial charge < -0.3 is 0 Å². The van der Waals surface area contributed by atoms with Crippen molar-refractivity contribution in [1.82, 2.24) is 4.90 Å². The second-order valence-corrected chi connectivity index (χ2v) is 3.67. The van der Waals surface area contributed by atoms with Crippen LogP contribution in [0.4, 0.5) is 0 Å². The van der Waals surface area contributed by atoms with Crippen LogP contribution < -0.4 is 0 Å². The summed E-state index contributed by atoms with van der Waals surface area (Å²) >= 11 is 2.36. The maximum atomic E-state index is 2.36. The predicted octanol–water partition coefficient (Wildman–Crippen LogP) is 2.11. The van der Waals surface area contributed by atoms with E-state index in [2.05, 4.69) is 55.3 Å². The van der Waals surface area contributed by atoms with Crippen LogP contribution in [-0.2, 0) is 0 Å². The molecule has 0 aliphatic heterocycles. The Morgan fingerprint density at radius 2 is 1.75 bits per heavy atom. The molecule has 0 aliphatic rings. The molecule has 0 aliphatic carbocycles. The number of alkyl halides is 1. The van der Waals surface area contributed by atoms with Gasteiger partial charge in [0.25, 0.3) is 0 Å². The zero-order valence-electron chi connectivity index (χ0n) is 6.03. The third-order valence-electron chi connectivity index (χ3n) is 1.32. The summed E-state index contributed by atoms with van der Waals surface area (Å²) in [7, 11) is 2.13. The molecule has 8 heavy (non-hydrogen) atoms. The minimum absolute atomic E-state index is 0.335. The zero-order valence-corrected chi connectivity index (χ0v) is 8.19. The summed E-state index contributed by atoms with van der Waals surface area (Å²) in [5, 5.41) is 0. The molecule has 0 amide bonds. The number of nitrogens with zero attached hydrogens (tertiary/aromatic N) is 1. The average Bonchev–Trinajstić information content (AvgIpc) is 1.62. The minimum Gasteiger partial charge on any atom is -0.292 e. The lowest BCUT2D eigenvalue weighted by molar-refractivity contribution is 0.214. The van der Waals surface area contributed by atoms with Crippen LogP contribution in [0.1, 0.15) is 20.8 Å². The standard InChI is InChI=1S/C6H14IN/c1-6(2,3)8(4)5-7/h5H2,1-4H3. The van der Waals surface area contributed by atoms with Crippen LogP contribution in [0.5, 0.6) is 0 Å². The minimum atomic E-state index is 0.335. The third kappa shape index (κ3) is 2.87. The van der Waals surface area contributed by atoms with Crippen molar-refractivity contribution in [1.29, 1.82) is 0 Å². The first-order valence-corrected chi connectivity index (χ1v) is 4.28. The Labute approximate surface area is 65.6 Å². The first-order chi connectivity index (χ1) is 3.48. The number of hydrogen-bond acceptors (Lipinski definition) is 1. The van der Waals surface area contributed by atoms with Gasteiger partial charge in [-0.05, 0) is 27.8 Å². The second-order valence-electron chi connectivity index (χ2n) is 2.99. The van der Waals surface area contributed by atoms with Crippen LogP contribution in [0.15, 0.2) is 0 Å². The first-order valence-electron chi connectivity index (χ1n) is 2.75. The van der Waals surface area contributed by atoms with E-state index in [1.165, 1.54) is 0 Å². The van der Waals surface area contributed by atoms with Crippen LogP contribution in [0.2, 0.25) is 0 Å². The molecule has 0 atom stereocenters. The Hall–Kier alpha value is 0.690. The van der Waals surface area contributed by atoms with Gasteiger partial charge in [-0.2, -0.15) is 0 Å².